The predicted octanol–water partition coefficient (Wildman–Crippen LogP) is 8.52. The Morgan fingerprint density at radius 3 is 2.29 bits per heavy atom. The molecule has 0 nitrogen and oxygen atoms in total. The van der Waals surface area contributed by atoms with Crippen LogP contribution < -0.4 is 0 Å². The molecule has 0 radical (unpaired) electrons. The van der Waals surface area contributed by atoms with Crippen LogP contribution in [0.15, 0.2) is 105 Å². The highest BCUT2D eigenvalue weighted by Gasteiger charge is 2.39. The number of allylic oxidation sites excluding steroid dienone is 17. The zero-order valence-corrected chi connectivity index (χ0v) is 19.0. The summed E-state index contributed by atoms with van der Waals surface area (Å²) in [6.07, 6.45) is 18.6. The Balaban J connectivity index is 2.83. The summed E-state index contributed by atoms with van der Waals surface area (Å²) in [4.78, 5) is 0. The maximum atomic E-state index is 4.00. The maximum absolute atomic E-state index is 4.00. The third-order valence-corrected chi connectivity index (χ3v) is 6.12. The van der Waals surface area contributed by atoms with Crippen molar-refractivity contribution in [1.82, 2.24) is 0 Å². The molecule has 2 rings (SSSR count). The zero-order valence-electron chi connectivity index (χ0n) is 19.0. The van der Waals surface area contributed by atoms with E-state index in [1.807, 2.05) is 6.08 Å². The van der Waals surface area contributed by atoms with Gasteiger partial charge in [0.1, 0.15) is 0 Å². The second kappa shape index (κ2) is 8.78. The fourth-order valence-electron chi connectivity index (χ4n) is 4.70. The molecule has 0 saturated heterocycles. The SMILES string of the molecule is C=C/C(C)=C(\C=C/C)C1=C(C)/C(=C2/C(=C\C)C(C)=C(/C=C\C)C2(C)C)CC=C1. The molecule has 0 heteroatoms. The van der Waals surface area contributed by atoms with Crippen molar-refractivity contribution in [3.63, 3.8) is 0 Å². The summed E-state index contributed by atoms with van der Waals surface area (Å²) in [5.74, 6) is 0. The molecule has 0 fully saturated rings. The van der Waals surface area contributed by atoms with Crippen LogP contribution in [0, 0.1) is 5.41 Å². The molecule has 0 heterocycles. The van der Waals surface area contributed by atoms with Gasteiger partial charge in [0.2, 0.25) is 0 Å². The second-order valence-corrected chi connectivity index (χ2v) is 8.17. The van der Waals surface area contributed by atoms with E-state index in [9.17, 15) is 0 Å². The molecule has 0 amide bonds. The smallest absolute Gasteiger partial charge is 0.0158 e. The van der Waals surface area contributed by atoms with Gasteiger partial charge in [-0.2, -0.15) is 0 Å². The lowest BCUT2D eigenvalue weighted by Crippen LogP contribution is -2.16. The minimum atomic E-state index is 0.00325. The second-order valence-electron chi connectivity index (χ2n) is 8.17. The Labute approximate surface area is 172 Å². The first-order valence-electron chi connectivity index (χ1n) is 10.3. The molecule has 0 aromatic rings. The molecule has 0 spiro atoms. The molecule has 0 aliphatic heterocycles. The van der Waals surface area contributed by atoms with Gasteiger partial charge in [0.25, 0.3) is 0 Å². The Bertz CT molecular complexity index is 909. The highest BCUT2D eigenvalue weighted by molar-refractivity contribution is 5.69. The molecular formula is C28H36. The first-order valence-corrected chi connectivity index (χ1v) is 10.3. The van der Waals surface area contributed by atoms with Crippen LogP contribution in [0.1, 0.15) is 61.8 Å². The van der Waals surface area contributed by atoms with Gasteiger partial charge in [0.15, 0.2) is 0 Å². The van der Waals surface area contributed by atoms with Crippen molar-refractivity contribution in [2.24, 2.45) is 5.41 Å². The lowest BCUT2D eigenvalue weighted by molar-refractivity contribution is 0.571. The number of hydrogen-bond donors (Lipinski definition) is 0. The fraction of sp³-hybridized carbons (Fsp3) is 0.357. The lowest BCUT2D eigenvalue weighted by Gasteiger charge is -2.29. The summed E-state index contributed by atoms with van der Waals surface area (Å²) in [5.41, 5.74) is 12.4. The monoisotopic (exact) mass is 372 g/mol. The van der Waals surface area contributed by atoms with Crippen molar-refractivity contribution >= 4 is 0 Å². The summed E-state index contributed by atoms with van der Waals surface area (Å²) in [6.45, 7) is 21.8. The molecular weight excluding hydrogens is 336 g/mol. The van der Waals surface area contributed by atoms with Crippen molar-refractivity contribution in [3.8, 4) is 0 Å². The van der Waals surface area contributed by atoms with Crippen molar-refractivity contribution in [3.05, 3.63) is 105 Å². The van der Waals surface area contributed by atoms with Gasteiger partial charge in [-0.05, 0) is 98.1 Å². The molecule has 28 heavy (non-hydrogen) atoms. The van der Waals surface area contributed by atoms with Gasteiger partial charge in [-0.1, -0.05) is 69.0 Å². The van der Waals surface area contributed by atoms with Gasteiger partial charge in [0.05, 0.1) is 0 Å². The van der Waals surface area contributed by atoms with Crippen LogP contribution in [0.25, 0.3) is 0 Å². The molecule has 0 aromatic carbocycles. The van der Waals surface area contributed by atoms with Crippen molar-refractivity contribution in [1.29, 1.82) is 0 Å². The van der Waals surface area contributed by atoms with Crippen molar-refractivity contribution in [2.45, 2.75) is 61.8 Å². The van der Waals surface area contributed by atoms with Gasteiger partial charge >= 0.3 is 0 Å². The maximum Gasteiger partial charge on any atom is 0.0158 e. The summed E-state index contributed by atoms with van der Waals surface area (Å²) < 4.78 is 0. The van der Waals surface area contributed by atoms with Gasteiger partial charge in [-0.3, -0.25) is 0 Å². The predicted molar refractivity (Wildman–Crippen MR) is 126 cm³/mol. The number of hydrogen-bond acceptors (Lipinski definition) is 0. The van der Waals surface area contributed by atoms with Crippen LogP contribution in [0.3, 0.4) is 0 Å². The van der Waals surface area contributed by atoms with Crippen LogP contribution in [-0.2, 0) is 0 Å². The van der Waals surface area contributed by atoms with Gasteiger partial charge in [-0.25, -0.2) is 0 Å². The highest BCUT2D eigenvalue weighted by atomic mass is 14.4. The molecule has 0 N–H and O–H groups in total. The van der Waals surface area contributed by atoms with Crippen molar-refractivity contribution < 1.29 is 0 Å². The Morgan fingerprint density at radius 2 is 1.75 bits per heavy atom. The Morgan fingerprint density at radius 1 is 1.07 bits per heavy atom. The third-order valence-electron chi connectivity index (χ3n) is 6.12. The van der Waals surface area contributed by atoms with E-state index in [0.717, 1.165) is 6.42 Å². The van der Waals surface area contributed by atoms with Crippen LogP contribution in [-0.4, -0.2) is 0 Å². The average Bonchev–Trinajstić information content (AvgIpc) is 2.86. The van der Waals surface area contributed by atoms with Gasteiger partial charge in [0, 0.05) is 5.41 Å². The quantitative estimate of drug-likeness (QED) is 0.434. The third kappa shape index (κ3) is 3.65. The van der Waals surface area contributed by atoms with Crippen molar-refractivity contribution in [2.75, 3.05) is 0 Å². The van der Waals surface area contributed by atoms with E-state index >= 15 is 0 Å². The van der Waals surface area contributed by atoms with Crippen LogP contribution in [0.5, 0.6) is 0 Å². The number of rotatable bonds is 4. The van der Waals surface area contributed by atoms with E-state index in [1.54, 1.807) is 0 Å². The lowest BCUT2D eigenvalue weighted by atomic mass is 9.74. The molecule has 0 saturated carbocycles. The van der Waals surface area contributed by atoms with E-state index in [-0.39, 0.29) is 5.41 Å². The van der Waals surface area contributed by atoms with Crippen LogP contribution in [0.4, 0.5) is 0 Å². The Kier molecular flexibility index (Phi) is 6.88. The van der Waals surface area contributed by atoms with E-state index in [4.69, 9.17) is 0 Å². The van der Waals surface area contributed by atoms with Gasteiger partial charge in [-0.15, -0.1) is 0 Å². The average molecular weight is 373 g/mol. The largest absolute Gasteiger partial charge is 0.0988 e. The highest BCUT2D eigenvalue weighted by Crippen LogP contribution is 2.53. The van der Waals surface area contributed by atoms with Gasteiger partial charge < -0.3 is 0 Å². The summed E-state index contributed by atoms with van der Waals surface area (Å²) in [6, 6.07) is 0. The summed E-state index contributed by atoms with van der Waals surface area (Å²) >= 11 is 0. The Hall–Kier alpha value is -2.34. The summed E-state index contributed by atoms with van der Waals surface area (Å²) in [5, 5.41) is 0. The fourth-order valence-corrected chi connectivity index (χ4v) is 4.70. The van der Waals surface area contributed by atoms with E-state index in [2.05, 4.69) is 105 Å². The topological polar surface area (TPSA) is 0 Å². The zero-order chi connectivity index (χ0) is 21.1. The van der Waals surface area contributed by atoms with E-state index in [0.29, 0.717) is 0 Å². The molecule has 0 unspecified atom stereocenters. The van der Waals surface area contributed by atoms with E-state index < -0.39 is 0 Å². The molecule has 2 aliphatic carbocycles. The van der Waals surface area contributed by atoms with Crippen LogP contribution in [0.2, 0.25) is 0 Å². The summed E-state index contributed by atoms with van der Waals surface area (Å²) in [7, 11) is 0. The molecule has 0 bridgehead atoms. The minimum Gasteiger partial charge on any atom is -0.0988 e. The molecule has 0 atom stereocenters. The molecule has 2 aliphatic rings. The standard InChI is InChI=1S/C28H36/c1-10-15-23(19(5)12-3)24-17-14-18-25(20(24)6)27-22(13-4)21(7)26(16-11-2)28(27,8)9/h10-17H,3,18H2,1-2,4-9H3/b15-10-,16-11-,22-13-,23-19+,27-25-. The molecule has 0 aromatic heterocycles. The minimum absolute atomic E-state index is 0.00325. The molecule has 148 valence electrons. The van der Waals surface area contributed by atoms with Crippen LogP contribution >= 0.6 is 0 Å². The van der Waals surface area contributed by atoms with E-state index in [1.165, 1.54) is 50.2 Å². The first kappa shape index (κ1) is 22.0. The normalized spacial score (nSPS) is 24.9. The first-order chi connectivity index (χ1) is 13.3.